The largest absolute Gasteiger partial charge is 0.480 e. The molecule has 3 heterocycles. The number of carbonyl (C=O) groups is 2. The number of carbonyl (C=O) groups excluding carboxylic acids is 1. The second-order valence-corrected chi connectivity index (χ2v) is 5.41. The number of aromatic nitrogens is 3. The summed E-state index contributed by atoms with van der Waals surface area (Å²) in [7, 11) is 1.45. The van der Waals surface area contributed by atoms with E-state index in [0.29, 0.717) is 19.4 Å². The number of amides is 1. The monoisotopic (exact) mass is 318 g/mol. The van der Waals surface area contributed by atoms with E-state index < -0.39 is 29.2 Å². The van der Waals surface area contributed by atoms with Gasteiger partial charge in [0.25, 0.3) is 11.5 Å². The van der Waals surface area contributed by atoms with Gasteiger partial charge in [0.1, 0.15) is 11.7 Å². The predicted molar refractivity (Wildman–Crippen MR) is 79.3 cm³/mol. The molecule has 1 atom stereocenters. The van der Waals surface area contributed by atoms with Crippen LogP contribution in [0.25, 0.3) is 11.0 Å². The highest BCUT2D eigenvalue weighted by Crippen LogP contribution is 2.20. The molecule has 0 radical (unpaired) electrons. The average molecular weight is 318 g/mol. The smallest absolute Gasteiger partial charge is 0.329 e. The van der Waals surface area contributed by atoms with Gasteiger partial charge >= 0.3 is 11.7 Å². The third-order valence-corrected chi connectivity index (χ3v) is 4.00. The van der Waals surface area contributed by atoms with E-state index in [2.05, 4.69) is 9.97 Å². The molecule has 9 nitrogen and oxygen atoms in total. The van der Waals surface area contributed by atoms with Gasteiger partial charge in [-0.15, -0.1) is 0 Å². The number of nitrogens with zero attached hydrogens (tertiary/aromatic N) is 3. The Kier molecular flexibility index (Phi) is 3.47. The number of hydrogen-bond donors (Lipinski definition) is 2. The van der Waals surface area contributed by atoms with Crippen LogP contribution in [0.1, 0.15) is 23.2 Å². The van der Waals surface area contributed by atoms with Crippen molar-refractivity contribution in [2.45, 2.75) is 18.9 Å². The Labute approximate surface area is 129 Å². The number of rotatable bonds is 2. The van der Waals surface area contributed by atoms with Crippen molar-refractivity contribution >= 4 is 22.9 Å². The van der Waals surface area contributed by atoms with Gasteiger partial charge in [0.2, 0.25) is 0 Å². The summed E-state index contributed by atoms with van der Waals surface area (Å²) >= 11 is 0. The number of carboxylic acids is 1. The molecule has 0 saturated carbocycles. The van der Waals surface area contributed by atoms with Crippen LogP contribution in [0.4, 0.5) is 0 Å². The SMILES string of the molecule is Cn1c(=O)[nH]c(=O)c2cc(C(=O)N3CCCC3C(=O)O)cnc21. The van der Waals surface area contributed by atoms with E-state index in [-0.39, 0.29) is 16.6 Å². The minimum atomic E-state index is -1.05. The average Bonchev–Trinajstić information content (AvgIpc) is 3.01. The molecule has 1 aliphatic rings. The van der Waals surface area contributed by atoms with Crippen LogP contribution < -0.4 is 11.2 Å². The molecule has 1 unspecified atom stereocenters. The molecular formula is C14H14N4O5. The molecule has 0 bridgehead atoms. The molecule has 0 aromatic carbocycles. The highest BCUT2D eigenvalue weighted by atomic mass is 16.4. The zero-order valence-corrected chi connectivity index (χ0v) is 12.3. The summed E-state index contributed by atoms with van der Waals surface area (Å²) in [6.45, 7) is 0.345. The lowest BCUT2D eigenvalue weighted by Gasteiger charge is -2.21. The van der Waals surface area contributed by atoms with Crippen LogP contribution in [0.5, 0.6) is 0 Å². The highest BCUT2D eigenvalue weighted by Gasteiger charge is 2.34. The Hall–Kier alpha value is -2.97. The topological polar surface area (TPSA) is 125 Å². The Morgan fingerprint density at radius 3 is 2.83 bits per heavy atom. The summed E-state index contributed by atoms with van der Waals surface area (Å²) in [6.07, 6.45) is 2.26. The van der Waals surface area contributed by atoms with Gasteiger partial charge in [-0.2, -0.15) is 0 Å². The number of aliphatic carboxylic acids is 1. The Morgan fingerprint density at radius 1 is 1.39 bits per heavy atom. The normalized spacial score (nSPS) is 17.6. The number of H-pyrrole nitrogens is 1. The number of carboxylic acid groups (broad SMARTS) is 1. The van der Waals surface area contributed by atoms with Crippen molar-refractivity contribution in [3.63, 3.8) is 0 Å². The van der Waals surface area contributed by atoms with Gasteiger partial charge in [-0.25, -0.2) is 14.6 Å². The van der Waals surface area contributed by atoms with E-state index in [4.69, 9.17) is 5.11 Å². The van der Waals surface area contributed by atoms with Crippen molar-refractivity contribution in [3.8, 4) is 0 Å². The molecule has 23 heavy (non-hydrogen) atoms. The third kappa shape index (κ3) is 2.39. The zero-order valence-electron chi connectivity index (χ0n) is 12.3. The number of aryl methyl sites for hydroxylation is 1. The van der Waals surface area contributed by atoms with Crippen molar-refractivity contribution < 1.29 is 14.7 Å². The lowest BCUT2D eigenvalue weighted by atomic mass is 10.2. The first-order valence-corrected chi connectivity index (χ1v) is 7.03. The summed E-state index contributed by atoms with van der Waals surface area (Å²) in [5.41, 5.74) is -0.956. The molecule has 0 aliphatic carbocycles. The van der Waals surface area contributed by atoms with Gasteiger partial charge in [0.15, 0.2) is 0 Å². The first kappa shape index (κ1) is 14.9. The Balaban J connectivity index is 2.07. The number of likely N-dealkylation sites (tertiary alicyclic amines) is 1. The minimum absolute atomic E-state index is 0.101. The van der Waals surface area contributed by atoms with Gasteiger partial charge in [-0.3, -0.25) is 19.1 Å². The van der Waals surface area contributed by atoms with Crippen LogP contribution in [-0.2, 0) is 11.8 Å². The molecule has 1 aliphatic heterocycles. The summed E-state index contributed by atoms with van der Waals surface area (Å²) in [5, 5.41) is 9.26. The van der Waals surface area contributed by atoms with Gasteiger partial charge < -0.3 is 10.0 Å². The van der Waals surface area contributed by atoms with E-state index in [1.54, 1.807) is 0 Å². The Morgan fingerprint density at radius 2 is 2.13 bits per heavy atom. The molecular weight excluding hydrogens is 304 g/mol. The summed E-state index contributed by atoms with van der Waals surface area (Å²) in [4.78, 5) is 54.5. The van der Waals surface area contributed by atoms with Crippen molar-refractivity contribution in [1.82, 2.24) is 19.4 Å². The third-order valence-electron chi connectivity index (χ3n) is 4.00. The van der Waals surface area contributed by atoms with E-state index in [1.807, 2.05) is 0 Å². The van der Waals surface area contributed by atoms with Crippen LogP contribution in [-0.4, -0.2) is 49.0 Å². The van der Waals surface area contributed by atoms with Crippen molar-refractivity contribution in [3.05, 3.63) is 38.7 Å². The van der Waals surface area contributed by atoms with Gasteiger partial charge in [-0.05, 0) is 18.9 Å². The van der Waals surface area contributed by atoms with E-state index >= 15 is 0 Å². The molecule has 2 aromatic rings. The molecule has 9 heteroatoms. The standard InChI is InChI=1S/C14H14N4O5/c1-17-10-8(11(19)16-14(17)23)5-7(6-15-10)12(20)18-4-2-3-9(18)13(21)22/h5-6,9H,2-4H2,1H3,(H,21,22)(H,16,19,23). The Bertz CT molecular complexity index is 929. The molecule has 1 amide bonds. The summed E-state index contributed by atoms with van der Waals surface area (Å²) in [6, 6.07) is 0.469. The molecule has 1 saturated heterocycles. The number of nitrogens with one attached hydrogen (secondary N) is 1. The zero-order chi connectivity index (χ0) is 16.7. The number of hydrogen-bond acceptors (Lipinski definition) is 5. The lowest BCUT2D eigenvalue weighted by molar-refractivity contribution is -0.141. The molecule has 2 N–H and O–H groups in total. The molecule has 0 spiro atoms. The maximum atomic E-state index is 12.5. The summed E-state index contributed by atoms with van der Waals surface area (Å²) < 4.78 is 1.17. The maximum Gasteiger partial charge on any atom is 0.329 e. The first-order valence-electron chi connectivity index (χ1n) is 7.03. The molecule has 2 aromatic heterocycles. The fourth-order valence-electron chi connectivity index (χ4n) is 2.79. The second-order valence-electron chi connectivity index (χ2n) is 5.41. The van der Waals surface area contributed by atoms with Crippen molar-refractivity contribution in [2.24, 2.45) is 7.05 Å². The highest BCUT2D eigenvalue weighted by molar-refractivity contribution is 5.98. The van der Waals surface area contributed by atoms with Crippen molar-refractivity contribution in [1.29, 1.82) is 0 Å². The maximum absolute atomic E-state index is 12.5. The van der Waals surface area contributed by atoms with Crippen molar-refractivity contribution in [2.75, 3.05) is 6.54 Å². The van der Waals surface area contributed by atoms with Gasteiger partial charge in [-0.1, -0.05) is 0 Å². The van der Waals surface area contributed by atoms with Gasteiger partial charge in [0, 0.05) is 19.8 Å². The first-order chi connectivity index (χ1) is 10.9. The van der Waals surface area contributed by atoms with Crippen LogP contribution in [0, 0.1) is 0 Å². The molecule has 120 valence electrons. The van der Waals surface area contributed by atoms with E-state index in [9.17, 15) is 19.2 Å². The second kappa shape index (κ2) is 5.34. The van der Waals surface area contributed by atoms with Crippen LogP contribution in [0.3, 0.4) is 0 Å². The van der Waals surface area contributed by atoms with Crippen LogP contribution >= 0.6 is 0 Å². The van der Waals surface area contributed by atoms with Crippen LogP contribution in [0.2, 0.25) is 0 Å². The predicted octanol–water partition coefficient (Wildman–Crippen LogP) is -0.689. The van der Waals surface area contributed by atoms with E-state index in [1.165, 1.54) is 28.8 Å². The fraction of sp³-hybridized carbons (Fsp3) is 0.357. The quantitative estimate of drug-likeness (QED) is 0.755. The lowest BCUT2D eigenvalue weighted by Crippen LogP contribution is -2.40. The number of pyridine rings is 1. The number of aromatic amines is 1. The minimum Gasteiger partial charge on any atom is -0.480 e. The van der Waals surface area contributed by atoms with Gasteiger partial charge in [0.05, 0.1) is 10.9 Å². The van der Waals surface area contributed by atoms with E-state index in [0.717, 1.165) is 0 Å². The molecule has 1 fully saturated rings. The number of fused-ring (bicyclic) bond motifs is 1. The molecule has 3 rings (SSSR count). The fourth-order valence-corrected chi connectivity index (χ4v) is 2.79. The summed E-state index contributed by atoms with van der Waals surface area (Å²) in [5.74, 6) is -1.54. The van der Waals surface area contributed by atoms with Crippen LogP contribution in [0.15, 0.2) is 21.9 Å².